The average Bonchev–Trinajstić information content (AvgIpc) is 2.93. The molecule has 1 atom stereocenters. The van der Waals surface area contributed by atoms with Crippen LogP contribution in [0.15, 0.2) is 18.2 Å². The minimum Gasteiger partial charge on any atom is -0.324 e. The predicted molar refractivity (Wildman–Crippen MR) is 88.0 cm³/mol. The lowest BCUT2D eigenvalue weighted by Crippen LogP contribution is -2.10. The van der Waals surface area contributed by atoms with Crippen LogP contribution >= 0.6 is 0 Å². The summed E-state index contributed by atoms with van der Waals surface area (Å²) in [4.78, 5) is 0. The monoisotopic (exact) mass is 273 g/mol. The number of hydrogen-bond acceptors (Lipinski definition) is 1. The number of nitrogens with two attached hydrogens (primary N) is 1. The lowest BCUT2D eigenvalue weighted by atomic mass is 9.97. The van der Waals surface area contributed by atoms with Crippen molar-refractivity contribution in [2.45, 2.75) is 83.6 Å². The zero-order chi connectivity index (χ0) is 14.2. The third-order valence-electron chi connectivity index (χ3n) is 4.67. The van der Waals surface area contributed by atoms with Gasteiger partial charge >= 0.3 is 0 Å². The van der Waals surface area contributed by atoms with E-state index in [2.05, 4.69) is 25.1 Å². The van der Waals surface area contributed by atoms with Crippen LogP contribution < -0.4 is 5.73 Å². The topological polar surface area (TPSA) is 26.0 Å². The first-order chi connectivity index (χ1) is 9.81. The summed E-state index contributed by atoms with van der Waals surface area (Å²) in [7, 11) is 0. The van der Waals surface area contributed by atoms with Crippen molar-refractivity contribution in [1.82, 2.24) is 0 Å². The Hall–Kier alpha value is -0.820. The van der Waals surface area contributed by atoms with Gasteiger partial charge < -0.3 is 5.73 Å². The molecule has 0 spiro atoms. The molecule has 1 nitrogen and oxygen atoms in total. The summed E-state index contributed by atoms with van der Waals surface area (Å²) in [6, 6.07) is 7.18. The first-order valence-electron chi connectivity index (χ1n) is 8.68. The Kier molecular flexibility index (Phi) is 6.59. The van der Waals surface area contributed by atoms with Gasteiger partial charge in [0.15, 0.2) is 0 Å². The van der Waals surface area contributed by atoms with Crippen LogP contribution in [0.2, 0.25) is 0 Å². The van der Waals surface area contributed by atoms with Gasteiger partial charge in [-0.1, -0.05) is 70.1 Å². The lowest BCUT2D eigenvalue weighted by Gasteiger charge is -2.13. The predicted octanol–water partition coefficient (Wildman–Crippen LogP) is 5.32. The molecule has 1 aromatic carbocycles. The first kappa shape index (κ1) is 15.6. The molecular formula is C19H31N. The van der Waals surface area contributed by atoms with Crippen LogP contribution in [-0.2, 0) is 12.8 Å². The molecule has 0 bridgehead atoms. The Morgan fingerprint density at radius 3 is 2.45 bits per heavy atom. The Morgan fingerprint density at radius 2 is 1.65 bits per heavy atom. The highest BCUT2D eigenvalue weighted by Crippen LogP contribution is 2.26. The molecule has 0 aromatic heterocycles. The lowest BCUT2D eigenvalue weighted by molar-refractivity contribution is 0.541. The van der Waals surface area contributed by atoms with E-state index in [1.807, 2.05) is 0 Å². The molecule has 2 N–H and O–H groups in total. The van der Waals surface area contributed by atoms with E-state index in [9.17, 15) is 0 Å². The molecule has 2 rings (SSSR count). The Morgan fingerprint density at radius 1 is 0.950 bits per heavy atom. The van der Waals surface area contributed by atoms with Gasteiger partial charge in [-0.05, 0) is 42.4 Å². The number of unbranched alkanes of at least 4 members (excludes halogenated alkanes) is 6. The molecule has 0 heterocycles. The third-order valence-corrected chi connectivity index (χ3v) is 4.67. The fourth-order valence-electron chi connectivity index (χ4n) is 3.31. The highest BCUT2D eigenvalue weighted by molar-refractivity contribution is 5.36. The summed E-state index contributed by atoms with van der Waals surface area (Å²) < 4.78 is 0. The fraction of sp³-hybridized carbons (Fsp3) is 0.684. The summed E-state index contributed by atoms with van der Waals surface area (Å²) in [5.74, 6) is 0. The molecule has 1 aromatic rings. The second-order valence-corrected chi connectivity index (χ2v) is 6.40. The van der Waals surface area contributed by atoms with Crippen molar-refractivity contribution in [2.24, 2.45) is 5.73 Å². The van der Waals surface area contributed by atoms with Gasteiger partial charge in [0.25, 0.3) is 0 Å². The molecular weight excluding hydrogens is 242 g/mol. The number of fused-ring (bicyclic) bond motifs is 1. The molecule has 0 amide bonds. The van der Waals surface area contributed by atoms with Crippen molar-refractivity contribution in [3.63, 3.8) is 0 Å². The van der Waals surface area contributed by atoms with E-state index >= 15 is 0 Å². The van der Waals surface area contributed by atoms with E-state index in [4.69, 9.17) is 5.73 Å². The molecule has 20 heavy (non-hydrogen) atoms. The first-order valence-corrected chi connectivity index (χ1v) is 8.68. The van der Waals surface area contributed by atoms with Crippen LogP contribution in [0.1, 0.15) is 87.4 Å². The second kappa shape index (κ2) is 8.46. The van der Waals surface area contributed by atoms with E-state index in [0.717, 1.165) is 6.42 Å². The number of aryl methyl sites for hydroxylation is 2. The Labute approximate surface area is 125 Å². The normalized spacial score (nSPS) is 15.3. The van der Waals surface area contributed by atoms with E-state index in [1.165, 1.54) is 69.8 Å². The minimum atomic E-state index is 0.247. The van der Waals surface area contributed by atoms with Crippen LogP contribution in [0.4, 0.5) is 0 Å². The average molecular weight is 273 g/mol. The van der Waals surface area contributed by atoms with Gasteiger partial charge in [0.1, 0.15) is 0 Å². The summed E-state index contributed by atoms with van der Waals surface area (Å²) in [5.41, 5.74) is 10.8. The van der Waals surface area contributed by atoms with Crippen molar-refractivity contribution in [2.75, 3.05) is 0 Å². The molecule has 1 unspecified atom stereocenters. The molecule has 0 saturated carbocycles. The highest BCUT2D eigenvalue weighted by atomic mass is 14.6. The van der Waals surface area contributed by atoms with Crippen molar-refractivity contribution < 1.29 is 0 Å². The van der Waals surface area contributed by atoms with Gasteiger partial charge in [-0.3, -0.25) is 0 Å². The molecule has 0 radical (unpaired) electrons. The molecule has 0 fully saturated rings. The Balaban J connectivity index is 1.66. The minimum absolute atomic E-state index is 0.247. The van der Waals surface area contributed by atoms with Crippen LogP contribution in [0.5, 0.6) is 0 Å². The quantitative estimate of drug-likeness (QED) is 0.606. The SMILES string of the molecule is CCCCCCCCCC(N)c1ccc2c(c1)CCC2. The smallest absolute Gasteiger partial charge is 0.0294 e. The van der Waals surface area contributed by atoms with E-state index in [-0.39, 0.29) is 6.04 Å². The van der Waals surface area contributed by atoms with Crippen LogP contribution in [0.25, 0.3) is 0 Å². The summed E-state index contributed by atoms with van der Waals surface area (Å²) >= 11 is 0. The maximum atomic E-state index is 6.35. The van der Waals surface area contributed by atoms with Crippen LogP contribution in [0, 0.1) is 0 Å². The standard InChI is InChI=1S/C19H31N/c1-2-3-4-5-6-7-8-12-19(20)18-14-13-16-10-9-11-17(16)15-18/h13-15,19H,2-12,20H2,1H3. The van der Waals surface area contributed by atoms with Crippen molar-refractivity contribution in [1.29, 1.82) is 0 Å². The largest absolute Gasteiger partial charge is 0.324 e. The van der Waals surface area contributed by atoms with Crippen LogP contribution in [-0.4, -0.2) is 0 Å². The maximum Gasteiger partial charge on any atom is 0.0294 e. The van der Waals surface area contributed by atoms with Gasteiger partial charge in [-0.15, -0.1) is 0 Å². The van der Waals surface area contributed by atoms with Gasteiger partial charge in [0.2, 0.25) is 0 Å². The molecule has 0 aliphatic heterocycles. The van der Waals surface area contributed by atoms with Crippen molar-refractivity contribution >= 4 is 0 Å². The summed E-state index contributed by atoms with van der Waals surface area (Å²) in [5, 5.41) is 0. The Bertz CT molecular complexity index is 397. The highest BCUT2D eigenvalue weighted by Gasteiger charge is 2.13. The molecule has 0 saturated heterocycles. The number of benzene rings is 1. The van der Waals surface area contributed by atoms with Gasteiger partial charge in [0.05, 0.1) is 0 Å². The molecule has 112 valence electrons. The van der Waals surface area contributed by atoms with Gasteiger partial charge in [-0.25, -0.2) is 0 Å². The van der Waals surface area contributed by atoms with Crippen molar-refractivity contribution in [3.05, 3.63) is 34.9 Å². The van der Waals surface area contributed by atoms with Crippen molar-refractivity contribution in [3.8, 4) is 0 Å². The van der Waals surface area contributed by atoms with Gasteiger partial charge in [-0.2, -0.15) is 0 Å². The second-order valence-electron chi connectivity index (χ2n) is 6.40. The number of rotatable bonds is 9. The van der Waals surface area contributed by atoms with Gasteiger partial charge in [0, 0.05) is 6.04 Å². The maximum absolute atomic E-state index is 6.35. The molecule has 1 heteroatoms. The van der Waals surface area contributed by atoms with Crippen LogP contribution in [0.3, 0.4) is 0 Å². The van der Waals surface area contributed by atoms with E-state index in [0.29, 0.717) is 0 Å². The fourth-order valence-corrected chi connectivity index (χ4v) is 3.31. The summed E-state index contributed by atoms with van der Waals surface area (Å²) in [6.07, 6.45) is 14.6. The zero-order valence-electron chi connectivity index (χ0n) is 13.2. The molecule has 1 aliphatic carbocycles. The van der Waals surface area contributed by atoms with E-state index < -0.39 is 0 Å². The molecule has 1 aliphatic rings. The van der Waals surface area contributed by atoms with E-state index in [1.54, 1.807) is 11.1 Å². The summed E-state index contributed by atoms with van der Waals surface area (Å²) in [6.45, 7) is 2.27. The zero-order valence-corrected chi connectivity index (χ0v) is 13.2. The third kappa shape index (κ3) is 4.63. The number of hydrogen-bond donors (Lipinski definition) is 1.